The van der Waals surface area contributed by atoms with Crippen LogP contribution in [0.2, 0.25) is 0 Å². The van der Waals surface area contributed by atoms with Crippen LogP contribution in [0.4, 0.5) is 9.52 Å². The number of aromatic nitrogens is 5. The molecule has 3 aromatic rings. The van der Waals surface area contributed by atoms with Gasteiger partial charge in [0, 0.05) is 12.5 Å². The molecule has 32 heavy (non-hydrogen) atoms. The number of hydrogen-bond donors (Lipinski definition) is 1. The number of thioether (sulfide) groups is 1. The van der Waals surface area contributed by atoms with Crippen LogP contribution in [-0.2, 0) is 17.9 Å². The molecule has 0 aliphatic heterocycles. The fourth-order valence-electron chi connectivity index (χ4n) is 3.61. The van der Waals surface area contributed by atoms with Crippen LogP contribution in [0.3, 0.4) is 0 Å². The van der Waals surface area contributed by atoms with Crippen LogP contribution in [0.5, 0.6) is 5.75 Å². The molecule has 1 fully saturated rings. The van der Waals surface area contributed by atoms with Gasteiger partial charge in [-0.2, -0.15) is 0 Å². The minimum Gasteiger partial charge on any atom is -0.486 e. The van der Waals surface area contributed by atoms with Crippen molar-refractivity contribution in [3.8, 4) is 5.75 Å². The largest absolute Gasteiger partial charge is 0.486 e. The molecule has 2 aromatic heterocycles. The summed E-state index contributed by atoms with van der Waals surface area (Å²) >= 11 is 2.78. The van der Waals surface area contributed by atoms with Crippen molar-refractivity contribution < 1.29 is 13.9 Å². The molecule has 0 spiro atoms. The van der Waals surface area contributed by atoms with Crippen molar-refractivity contribution in [1.29, 1.82) is 0 Å². The Kier molecular flexibility index (Phi) is 7.69. The van der Waals surface area contributed by atoms with Gasteiger partial charge in [-0.05, 0) is 44.0 Å². The highest BCUT2D eigenvalue weighted by molar-refractivity contribution is 7.99. The fourth-order valence-corrected chi connectivity index (χ4v) is 5.36. The van der Waals surface area contributed by atoms with E-state index < -0.39 is 0 Å². The van der Waals surface area contributed by atoms with E-state index in [9.17, 15) is 9.18 Å². The van der Waals surface area contributed by atoms with Crippen LogP contribution in [0.25, 0.3) is 0 Å². The molecule has 170 valence electrons. The molecule has 8 nitrogen and oxygen atoms in total. The summed E-state index contributed by atoms with van der Waals surface area (Å²) < 4.78 is 20.6. The van der Waals surface area contributed by atoms with Crippen molar-refractivity contribution >= 4 is 34.1 Å². The first-order valence-corrected chi connectivity index (χ1v) is 12.5. The molecular formula is C21H25FN6O2S2. The van der Waals surface area contributed by atoms with E-state index >= 15 is 0 Å². The molecule has 1 amide bonds. The average Bonchev–Trinajstić information content (AvgIpc) is 3.44. The molecular weight excluding hydrogens is 451 g/mol. The van der Waals surface area contributed by atoms with Gasteiger partial charge >= 0.3 is 0 Å². The minimum absolute atomic E-state index is 0.156. The third-order valence-corrected chi connectivity index (χ3v) is 7.23. The van der Waals surface area contributed by atoms with Gasteiger partial charge in [-0.25, -0.2) is 4.39 Å². The number of amides is 1. The molecule has 4 rings (SSSR count). The molecule has 11 heteroatoms. The Bertz CT molecular complexity index is 1030. The minimum atomic E-state index is -0.315. The number of ether oxygens (including phenoxy) is 1. The van der Waals surface area contributed by atoms with Gasteiger partial charge < -0.3 is 9.30 Å². The number of halogens is 1. The molecule has 1 aromatic carbocycles. The van der Waals surface area contributed by atoms with Crippen LogP contribution in [0.15, 0.2) is 29.4 Å². The molecule has 0 radical (unpaired) electrons. The Morgan fingerprint density at radius 3 is 2.72 bits per heavy atom. The Hall–Kier alpha value is -2.53. The summed E-state index contributed by atoms with van der Waals surface area (Å²) in [5, 5.41) is 21.8. The highest BCUT2D eigenvalue weighted by Crippen LogP contribution is 2.35. The maximum absolute atomic E-state index is 13.0. The van der Waals surface area contributed by atoms with Crippen molar-refractivity contribution in [3.63, 3.8) is 0 Å². The zero-order valence-electron chi connectivity index (χ0n) is 17.8. The maximum atomic E-state index is 13.0. The number of carbonyl (C=O) groups excluding carboxylic acids is 1. The van der Waals surface area contributed by atoms with Crippen molar-refractivity contribution in [2.45, 2.75) is 63.3 Å². The molecule has 0 atom stereocenters. The van der Waals surface area contributed by atoms with Crippen molar-refractivity contribution in [1.82, 2.24) is 25.0 Å². The second-order valence-corrected chi connectivity index (χ2v) is 9.45. The van der Waals surface area contributed by atoms with E-state index in [0.29, 0.717) is 34.3 Å². The van der Waals surface area contributed by atoms with E-state index in [0.717, 1.165) is 17.8 Å². The number of nitrogens with one attached hydrogen (secondary N) is 1. The van der Waals surface area contributed by atoms with Crippen LogP contribution in [0.1, 0.15) is 55.8 Å². The van der Waals surface area contributed by atoms with Crippen molar-refractivity contribution in [2.75, 3.05) is 11.1 Å². The summed E-state index contributed by atoms with van der Waals surface area (Å²) in [7, 11) is 0. The number of carbonyl (C=O) groups is 1. The standard InChI is InChI=1S/C21H25FN6O2S2/c1-2-28-17(12-30-16-10-8-15(22)9-11-16)24-27-21(28)31-13-18(29)23-20-26-25-19(32-20)14-6-4-3-5-7-14/h8-11,14H,2-7,12-13H2,1H3,(H,23,26,29). The lowest BCUT2D eigenvalue weighted by molar-refractivity contribution is -0.113. The average molecular weight is 477 g/mol. The maximum Gasteiger partial charge on any atom is 0.236 e. The van der Waals surface area contributed by atoms with Gasteiger partial charge in [0.25, 0.3) is 0 Å². The van der Waals surface area contributed by atoms with Gasteiger partial charge in [-0.3, -0.25) is 10.1 Å². The van der Waals surface area contributed by atoms with E-state index in [1.54, 1.807) is 12.1 Å². The van der Waals surface area contributed by atoms with E-state index in [1.165, 1.54) is 54.5 Å². The van der Waals surface area contributed by atoms with Gasteiger partial charge in [0.1, 0.15) is 23.2 Å². The second kappa shape index (κ2) is 10.9. The Morgan fingerprint density at radius 2 is 1.97 bits per heavy atom. The van der Waals surface area contributed by atoms with E-state index in [-0.39, 0.29) is 24.1 Å². The predicted molar refractivity (Wildman–Crippen MR) is 122 cm³/mol. The molecule has 1 N–H and O–H groups in total. The lowest BCUT2D eigenvalue weighted by Crippen LogP contribution is -2.14. The van der Waals surface area contributed by atoms with E-state index in [2.05, 4.69) is 25.7 Å². The molecule has 1 aliphatic rings. The smallest absolute Gasteiger partial charge is 0.236 e. The summed E-state index contributed by atoms with van der Waals surface area (Å²) in [6.07, 6.45) is 6.06. The number of nitrogens with zero attached hydrogens (tertiary/aromatic N) is 5. The molecule has 2 heterocycles. The lowest BCUT2D eigenvalue weighted by Gasteiger charge is -2.18. The summed E-state index contributed by atoms with van der Waals surface area (Å²) in [5.41, 5.74) is 0. The molecule has 1 saturated carbocycles. The molecule has 0 saturated heterocycles. The van der Waals surface area contributed by atoms with Crippen molar-refractivity contribution in [2.24, 2.45) is 0 Å². The predicted octanol–water partition coefficient (Wildman–Crippen LogP) is 4.65. The monoisotopic (exact) mass is 476 g/mol. The first-order valence-electron chi connectivity index (χ1n) is 10.7. The van der Waals surface area contributed by atoms with Gasteiger partial charge in [0.05, 0.1) is 5.75 Å². The number of rotatable bonds is 9. The fraction of sp³-hybridized carbons (Fsp3) is 0.476. The van der Waals surface area contributed by atoms with Crippen LogP contribution >= 0.6 is 23.1 Å². The summed E-state index contributed by atoms with van der Waals surface area (Å²) in [6.45, 7) is 2.82. The SMILES string of the molecule is CCn1c(COc2ccc(F)cc2)nnc1SCC(=O)Nc1nnc(C2CCCCC2)s1. The van der Waals surface area contributed by atoms with Crippen LogP contribution in [-0.4, -0.2) is 36.6 Å². The highest BCUT2D eigenvalue weighted by atomic mass is 32.2. The number of hydrogen-bond acceptors (Lipinski definition) is 8. The van der Waals surface area contributed by atoms with Gasteiger partial charge in [0.15, 0.2) is 11.0 Å². The van der Waals surface area contributed by atoms with E-state index in [4.69, 9.17) is 4.74 Å². The Labute approximate surface area is 194 Å². The van der Waals surface area contributed by atoms with Gasteiger partial charge in [-0.15, -0.1) is 20.4 Å². The number of benzene rings is 1. The van der Waals surface area contributed by atoms with Gasteiger partial charge in [0.2, 0.25) is 11.0 Å². The topological polar surface area (TPSA) is 94.8 Å². The molecule has 0 bridgehead atoms. The van der Waals surface area contributed by atoms with Gasteiger partial charge in [-0.1, -0.05) is 42.4 Å². The quantitative estimate of drug-likeness (QED) is 0.449. The summed E-state index contributed by atoms with van der Waals surface area (Å²) in [4.78, 5) is 12.4. The Balaban J connectivity index is 1.29. The first kappa shape index (κ1) is 22.7. The first-order chi connectivity index (χ1) is 15.6. The Morgan fingerprint density at radius 1 is 1.19 bits per heavy atom. The summed E-state index contributed by atoms with van der Waals surface area (Å²) in [6, 6.07) is 5.82. The van der Waals surface area contributed by atoms with Crippen LogP contribution in [0, 0.1) is 5.82 Å². The molecule has 1 aliphatic carbocycles. The van der Waals surface area contributed by atoms with Crippen molar-refractivity contribution in [3.05, 3.63) is 40.9 Å². The van der Waals surface area contributed by atoms with Crippen LogP contribution < -0.4 is 10.1 Å². The summed E-state index contributed by atoms with van der Waals surface area (Å²) in [5.74, 6) is 1.38. The zero-order valence-corrected chi connectivity index (χ0v) is 19.4. The second-order valence-electron chi connectivity index (χ2n) is 7.50. The third kappa shape index (κ3) is 5.83. The van der Waals surface area contributed by atoms with E-state index in [1.807, 2.05) is 11.5 Å². The normalized spacial score (nSPS) is 14.4. The molecule has 0 unspecified atom stereocenters. The number of anilines is 1. The third-order valence-electron chi connectivity index (χ3n) is 5.27. The zero-order chi connectivity index (χ0) is 22.3. The highest BCUT2D eigenvalue weighted by Gasteiger charge is 2.20. The lowest BCUT2D eigenvalue weighted by atomic mass is 9.90.